The molecule has 1 saturated heterocycles. The van der Waals surface area contributed by atoms with Crippen molar-refractivity contribution < 1.29 is 14.4 Å². The Morgan fingerprint density at radius 2 is 2.25 bits per heavy atom. The van der Waals surface area contributed by atoms with Crippen LogP contribution in [0.25, 0.3) is 0 Å². The van der Waals surface area contributed by atoms with Crippen molar-refractivity contribution >= 4 is 5.91 Å². The minimum atomic E-state index is -0.743. The van der Waals surface area contributed by atoms with Gasteiger partial charge in [-0.05, 0) is 20.3 Å². The lowest BCUT2D eigenvalue weighted by atomic mass is 9.95. The zero-order valence-electron chi connectivity index (χ0n) is 9.78. The molecule has 0 atom stereocenters. The van der Waals surface area contributed by atoms with E-state index < -0.39 is 5.60 Å². The van der Waals surface area contributed by atoms with Crippen LogP contribution in [-0.4, -0.2) is 39.8 Å². The molecule has 16 heavy (non-hydrogen) atoms. The summed E-state index contributed by atoms with van der Waals surface area (Å²) in [5, 5.41) is 13.4. The maximum absolute atomic E-state index is 12.1. The lowest BCUT2D eigenvalue weighted by molar-refractivity contribution is -0.0669. The highest BCUT2D eigenvalue weighted by Gasteiger charge is 2.41. The van der Waals surface area contributed by atoms with E-state index in [-0.39, 0.29) is 5.91 Å². The number of amides is 1. The Kier molecular flexibility index (Phi) is 2.50. The average molecular weight is 224 g/mol. The third-order valence-corrected chi connectivity index (χ3v) is 2.83. The Morgan fingerprint density at radius 3 is 2.75 bits per heavy atom. The molecule has 0 spiro atoms. The number of carbonyl (C=O) groups is 1. The normalized spacial score (nSPS) is 18.4. The standard InChI is InChI=1S/C11H16N2O3/c1-4-8-9(7(2)16-12-8)10(14)13-5-11(3,15)6-13/h15H,4-6H2,1-3H3. The van der Waals surface area contributed by atoms with Crippen molar-refractivity contribution in [2.75, 3.05) is 13.1 Å². The number of hydrogen-bond acceptors (Lipinski definition) is 4. The number of likely N-dealkylation sites (tertiary alicyclic amines) is 1. The lowest BCUT2D eigenvalue weighted by Gasteiger charge is -2.44. The van der Waals surface area contributed by atoms with E-state index >= 15 is 0 Å². The number of aliphatic hydroxyl groups is 1. The molecule has 0 radical (unpaired) electrons. The smallest absolute Gasteiger partial charge is 0.259 e. The van der Waals surface area contributed by atoms with Gasteiger partial charge in [0.15, 0.2) is 0 Å². The van der Waals surface area contributed by atoms with E-state index in [1.165, 1.54) is 0 Å². The van der Waals surface area contributed by atoms with Gasteiger partial charge in [0.05, 0.1) is 24.4 Å². The lowest BCUT2D eigenvalue weighted by Crippen LogP contribution is -2.61. The van der Waals surface area contributed by atoms with Crippen LogP contribution in [0.4, 0.5) is 0 Å². The number of β-amino-alcohol motifs (C(OH)–C–C–N with tert-alkyl or cyclic N) is 1. The molecule has 0 aliphatic carbocycles. The van der Waals surface area contributed by atoms with Crippen molar-refractivity contribution in [1.82, 2.24) is 10.1 Å². The molecule has 1 fully saturated rings. The van der Waals surface area contributed by atoms with E-state index in [0.29, 0.717) is 36.5 Å². The molecule has 0 aromatic carbocycles. The van der Waals surface area contributed by atoms with Crippen LogP contribution < -0.4 is 0 Å². The molecule has 5 nitrogen and oxygen atoms in total. The Balaban J connectivity index is 2.19. The molecule has 1 amide bonds. The molecule has 2 rings (SSSR count). The van der Waals surface area contributed by atoms with Gasteiger partial charge in [0.2, 0.25) is 0 Å². The zero-order valence-corrected chi connectivity index (χ0v) is 9.78. The van der Waals surface area contributed by atoms with E-state index in [0.717, 1.165) is 0 Å². The molecule has 5 heteroatoms. The molecule has 1 aromatic heterocycles. The molecule has 1 aromatic rings. The highest BCUT2D eigenvalue weighted by atomic mass is 16.5. The largest absolute Gasteiger partial charge is 0.386 e. The van der Waals surface area contributed by atoms with Gasteiger partial charge in [-0.15, -0.1) is 0 Å². The third kappa shape index (κ3) is 1.71. The van der Waals surface area contributed by atoms with Crippen molar-refractivity contribution in [1.29, 1.82) is 0 Å². The van der Waals surface area contributed by atoms with Crippen LogP contribution in [0.3, 0.4) is 0 Å². The number of nitrogens with zero attached hydrogens (tertiary/aromatic N) is 2. The fourth-order valence-electron chi connectivity index (χ4n) is 2.01. The summed E-state index contributed by atoms with van der Waals surface area (Å²) in [6.45, 7) is 6.13. The summed E-state index contributed by atoms with van der Waals surface area (Å²) in [6, 6.07) is 0. The van der Waals surface area contributed by atoms with E-state index in [4.69, 9.17) is 4.52 Å². The van der Waals surface area contributed by atoms with Gasteiger partial charge in [-0.3, -0.25) is 4.79 Å². The second-order valence-electron chi connectivity index (χ2n) is 4.57. The van der Waals surface area contributed by atoms with Crippen LogP contribution in [-0.2, 0) is 6.42 Å². The molecule has 1 aliphatic heterocycles. The minimum absolute atomic E-state index is 0.0953. The number of aryl methyl sites for hydroxylation is 2. The maximum atomic E-state index is 12.1. The van der Waals surface area contributed by atoms with Crippen molar-refractivity contribution in [3.05, 3.63) is 17.0 Å². The maximum Gasteiger partial charge on any atom is 0.259 e. The van der Waals surface area contributed by atoms with Gasteiger partial charge in [-0.1, -0.05) is 12.1 Å². The molecule has 88 valence electrons. The van der Waals surface area contributed by atoms with E-state index in [2.05, 4.69) is 5.16 Å². The van der Waals surface area contributed by atoms with Gasteiger partial charge < -0.3 is 14.5 Å². The molecule has 0 bridgehead atoms. The van der Waals surface area contributed by atoms with Gasteiger partial charge >= 0.3 is 0 Å². The van der Waals surface area contributed by atoms with Crippen molar-refractivity contribution in [2.45, 2.75) is 32.8 Å². The molecule has 0 unspecified atom stereocenters. The summed E-state index contributed by atoms with van der Waals surface area (Å²) in [4.78, 5) is 13.7. The third-order valence-electron chi connectivity index (χ3n) is 2.83. The summed E-state index contributed by atoms with van der Waals surface area (Å²) in [6.07, 6.45) is 0.669. The van der Waals surface area contributed by atoms with Crippen LogP contribution in [0.5, 0.6) is 0 Å². The van der Waals surface area contributed by atoms with E-state index in [9.17, 15) is 9.90 Å². The summed E-state index contributed by atoms with van der Waals surface area (Å²) in [5.74, 6) is 0.454. The van der Waals surface area contributed by atoms with Crippen molar-refractivity contribution in [3.63, 3.8) is 0 Å². The highest BCUT2D eigenvalue weighted by Crippen LogP contribution is 2.24. The number of aromatic nitrogens is 1. The highest BCUT2D eigenvalue weighted by molar-refractivity contribution is 5.96. The molecule has 0 saturated carbocycles. The summed E-state index contributed by atoms with van der Waals surface area (Å²) < 4.78 is 5.02. The average Bonchev–Trinajstić information content (AvgIpc) is 2.54. The van der Waals surface area contributed by atoms with Gasteiger partial charge in [0.25, 0.3) is 5.91 Å². The van der Waals surface area contributed by atoms with E-state index in [1.807, 2.05) is 6.92 Å². The van der Waals surface area contributed by atoms with Gasteiger partial charge in [0, 0.05) is 0 Å². The van der Waals surface area contributed by atoms with Crippen LogP contribution in [0.1, 0.15) is 35.7 Å². The predicted octanol–water partition coefficient (Wildman–Crippen LogP) is 0.752. The van der Waals surface area contributed by atoms with Crippen molar-refractivity contribution in [3.8, 4) is 0 Å². The summed E-state index contributed by atoms with van der Waals surface area (Å²) in [5.41, 5.74) is 0.500. The van der Waals surface area contributed by atoms with Crippen LogP contribution >= 0.6 is 0 Å². The second-order valence-corrected chi connectivity index (χ2v) is 4.57. The van der Waals surface area contributed by atoms with Crippen LogP contribution in [0.2, 0.25) is 0 Å². The van der Waals surface area contributed by atoms with E-state index in [1.54, 1.807) is 18.7 Å². The summed E-state index contributed by atoms with van der Waals surface area (Å²) in [7, 11) is 0. The van der Waals surface area contributed by atoms with Gasteiger partial charge in [0.1, 0.15) is 11.3 Å². The topological polar surface area (TPSA) is 66.6 Å². The SMILES string of the molecule is CCc1noc(C)c1C(=O)N1CC(C)(O)C1. The number of rotatable bonds is 2. The first-order chi connectivity index (χ1) is 7.44. The Bertz CT molecular complexity index is 415. The number of carbonyl (C=O) groups excluding carboxylic acids is 1. The monoisotopic (exact) mass is 224 g/mol. The fraction of sp³-hybridized carbons (Fsp3) is 0.636. The Labute approximate surface area is 94.0 Å². The second kappa shape index (κ2) is 3.59. The van der Waals surface area contributed by atoms with Crippen molar-refractivity contribution in [2.24, 2.45) is 0 Å². The number of hydrogen-bond donors (Lipinski definition) is 1. The molecular formula is C11H16N2O3. The fourth-order valence-corrected chi connectivity index (χ4v) is 2.01. The molecule has 1 aliphatic rings. The zero-order chi connectivity index (χ0) is 11.9. The molecular weight excluding hydrogens is 208 g/mol. The molecule has 1 N–H and O–H groups in total. The van der Waals surface area contributed by atoms with Gasteiger partial charge in [-0.25, -0.2) is 0 Å². The first-order valence-electron chi connectivity index (χ1n) is 5.41. The summed E-state index contributed by atoms with van der Waals surface area (Å²) >= 11 is 0. The van der Waals surface area contributed by atoms with Gasteiger partial charge in [-0.2, -0.15) is 0 Å². The first-order valence-corrected chi connectivity index (χ1v) is 5.41. The Morgan fingerprint density at radius 1 is 1.62 bits per heavy atom. The minimum Gasteiger partial charge on any atom is -0.386 e. The Hall–Kier alpha value is -1.36. The first kappa shape index (κ1) is 11.1. The van der Waals surface area contributed by atoms with Crippen LogP contribution in [0, 0.1) is 6.92 Å². The predicted molar refractivity (Wildman–Crippen MR) is 57.1 cm³/mol. The van der Waals surface area contributed by atoms with Crippen LogP contribution in [0.15, 0.2) is 4.52 Å². The quantitative estimate of drug-likeness (QED) is 0.805. The molecule has 2 heterocycles.